The standard InChI is InChI=1S/C39H57N4O13P/c1-5-21-50-27-30-53-24-18-40-35(44)12-15-39(16-13-36(45)41-19-25-54-31-28-51-22-6-2,17-14-37(46)42-20-26-55-32-29-52-23-7-3)43-38(47)33-8-10-34(11-9-33)56-57(4,48)49/h1-3,8-11H,12-32H2,4H3,(H,40,44)(H,41,45)(H,42,46)(H,43,47)(H,48,49)/p-1. The summed E-state index contributed by atoms with van der Waals surface area (Å²) in [6, 6.07) is 5.41. The van der Waals surface area contributed by atoms with Gasteiger partial charge in [0.1, 0.15) is 25.6 Å². The molecule has 0 spiro atoms. The van der Waals surface area contributed by atoms with Gasteiger partial charge in [0.25, 0.3) is 5.91 Å². The summed E-state index contributed by atoms with van der Waals surface area (Å²) in [5.74, 6) is 5.47. The fourth-order valence-corrected chi connectivity index (χ4v) is 5.40. The number of hydrogen-bond donors (Lipinski definition) is 4. The summed E-state index contributed by atoms with van der Waals surface area (Å²) in [6.07, 6.45) is 15.4. The van der Waals surface area contributed by atoms with Crippen molar-refractivity contribution >= 4 is 31.2 Å². The Labute approximate surface area is 335 Å². The van der Waals surface area contributed by atoms with E-state index in [1.807, 2.05) is 0 Å². The van der Waals surface area contributed by atoms with Crippen LogP contribution in [-0.2, 0) is 47.4 Å². The van der Waals surface area contributed by atoms with E-state index >= 15 is 0 Å². The molecule has 0 aliphatic carbocycles. The van der Waals surface area contributed by atoms with E-state index in [1.165, 1.54) is 24.3 Å². The maximum Gasteiger partial charge on any atom is 0.251 e. The summed E-state index contributed by atoms with van der Waals surface area (Å²) < 4.78 is 48.3. The van der Waals surface area contributed by atoms with Crippen LogP contribution in [0.5, 0.6) is 5.75 Å². The minimum atomic E-state index is -4.09. The number of rotatable bonds is 34. The minimum Gasteiger partial charge on any atom is -0.769 e. The van der Waals surface area contributed by atoms with E-state index in [9.17, 15) is 28.6 Å². The lowest BCUT2D eigenvalue weighted by Crippen LogP contribution is -2.50. The Balaban J connectivity index is 3.08. The average molecular weight is 820 g/mol. The van der Waals surface area contributed by atoms with E-state index in [0.717, 1.165) is 6.66 Å². The smallest absolute Gasteiger partial charge is 0.251 e. The van der Waals surface area contributed by atoms with Crippen LogP contribution >= 0.6 is 7.60 Å². The summed E-state index contributed by atoms with van der Waals surface area (Å²) in [6.45, 7) is 4.48. The second kappa shape index (κ2) is 31.6. The molecule has 1 aromatic carbocycles. The van der Waals surface area contributed by atoms with E-state index in [-0.39, 0.29) is 127 Å². The Hall–Kier alpha value is -4.47. The second-order valence-electron chi connectivity index (χ2n) is 12.3. The lowest BCUT2D eigenvalue weighted by atomic mass is 9.82. The van der Waals surface area contributed by atoms with E-state index < -0.39 is 19.0 Å². The third-order valence-electron chi connectivity index (χ3n) is 7.64. The summed E-state index contributed by atoms with van der Waals surface area (Å²) >= 11 is 0. The van der Waals surface area contributed by atoms with Gasteiger partial charge in [0.05, 0.1) is 59.5 Å². The van der Waals surface area contributed by atoms with Gasteiger partial charge in [-0.05, 0) is 43.5 Å². The zero-order valence-corrected chi connectivity index (χ0v) is 33.5. The van der Waals surface area contributed by atoms with Gasteiger partial charge in [0.15, 0.2) is 7.60 Å². The molecule has 0 saturated heterocycles. The molecule has 0 fully saturated rings. The van der Waals surface area contributed by atoms with Gasteiger partial charge in [-0.2, -0.15) is 0 Å². The molecule has 0 aliphatic heterocycles. The molecule has 0 saturated carbocycles. The normalized spacial score (nSPS) is 11.9. The third kappa shape index (κ3) is 27.7. The van der Waals surface area contributed by atoms with Gasteiger partial charge >= 0.3 is 0 Å². The molecule has 0 aromatic heterocycles. The van der Waals surface area contributed by atoms with Crippen LogP contribution in [0.15, 0.2) is 24.3 Å². The van der Waals surface area contributed by atoms with Crippen molar-refractivity contribution in [3.05, 3.63) is 29.8 Å². The zero-order chi connectivity index (χ0) is 42.0. The first-order valence-electron chi connectivity index (χ1n) is 18.4. The molecule has 1 rings (SSSR count). The Morgan fingerprint density at radius 3 is 1.30 bits per heavy atom. The quantitative estimate of drug-likeness (QED) is 0.0421. The monoisotopic (exact) mass is 819 g/mol. The predicted octanol–water partition coefficient (Wildman–Crippen LogP) is 0.406. The lowest BCUT2D eigenvalue weighted by Gasteiger charge is -2.35. The molecule has 0 heterocycles. The summed E-state index contributed by atoms with van der Waals surface area (Å²) in [7, 11) is -4.09. The Kier molecular flexibility index (Phi) is 28.0. The second-order valence-corrected chi connectivity index (χ2v) is 14.0. The molecule has 1 aromatic rings. The first-order chi connectivity index (χ1) is 27.4. The molecule has 0 radical (unpaired) electrons. The fourth-order valence-electron chi connectivity index (χ4n) is 4.90. The van der Waals surface area contributed by atoms with Crippen LogP contribution in [0.4, 0.5) is 0 Å². The Bertz CT molecular complexity index is 1390. The van der Waals surface area contributed by atoms with Crippen molar-refractivity contribution in [2.24, 2.45) is 0 Å². The number of amides is 4. The molecule has 316 valence electrons. The molecule has 4 N–H and O–H groups in total. The molecule has 18 heteroatoms. The van der Waals surface area contributed by atoms with Crippen molar-refractivity contribution < 1.29 is 61.6 Å². The number of carbonyl (C=O) groups is 4. The van der Waals surface area contributed by atoms with Gasteiger partial charge in [-0.15, -0.1) is 19.3 Å². The van der Waals surface area contributed by atoms with Gasteiger partial charge in [-0.1, -0.05) is 17.8 Å². The fraction of sp³-hybridized carbons (Fsp3) is 0.590. The molecule has 57 heavy (non-hydrogen) atoms. The van der Waals surface area contributed by atoms with Gasteiger partial charge in [0.2, 0.25) is 17.7 Å². The maximum atomic E-state index is 13.7. The average Bonchev–Trinajstić information content (AvgIpc) is 3.18. The highest BCUT2D eigenvalue weighted by atomic mass is 31.2. The van der Waals surface area contributed by atoms with Crippen molar-refractivity contribution in [1.29, 1.82) is 0 Å². The van der Waals surface area contributed by atoms with Crippen LogP contribution in [0.25, 0.3) is 0 Å². The molecular weight excluding hydrogens is 763 g/mol. The van der Waals surface area contributed by atoms with Crippen molar-refractivity contribution in [2.75, 3.05) is 106 Å². The van der Waals surface area contributed by atoms with Gasteiger partial charge in [-0.25, -0.2) is 0 Å². The van der Waals surface area contributed by atoms with Crippen molar-refractivity contribution in [3.63, 3.8) is 0 Å². The highest BCUT2D eigenvalue weighted by Gasteiger charge is 2.34. The number of carbonyl (C=O) groups excluding carboxylic acids is 4. The molecule has 1 atom stereocenters. The van der Waals surface area contributed by atoms with Crippen LogP contribution in [0.2, 0.25) is 0 Å². The number of ether oxygens (including phenoxy) is 6. The van der Waals surface area contributed by atoms with Crippen molar-refractivity contribution in [1.82, 2.24) is 21.3 Å². The highest BCUT2D eigenvalue weighted by molar-refractivity contribution is 7.50. The topological polar surface area (TPSA) is 221 Å². The van der Waals surface area contributed by atoms with Gasteiger partial charge in [-0.3, -0.25) is 23.7 Å². The Morgan fingerprint density at radius 1 is 0.614 bits per heavy atom. The molecule has 0 aliphatic rings. The largest absolute Gasteiger partial charge is 0.769 e. The number of benzene rings is 1. The van der Waals surface area contributed by atoms with E-state index in [1.54, 1.807) is 0 Å². The zero-order valence-electron chi connectivity index (χ0n) is 32.6. The first-order valence-corrected chi connectivity index (χ1v) is 20.4. The van der Waals surface area contributed by atoms with Crippen LogP contribution in [0.1, 0.15) is 48.9 Å². The molecule has 4 amide bonds. The SMILES string of the molecule is C#CCOCCOCCNC(=O)CCC(CCC(=O)NCCOCCOCC#C)(CCC(=O)NCCOCCOCC#C)NC(=O)c1ccc(OP(C)(=O)[O-])cc1. The van der Waals surface area contributed by atoms with E-state index in [4.69, 9.17) is 52.2 Å². The molecule has 0 bridgehead atoms. The van der Waals surface area contributed by atoms with Gasteiger partial charge in [0, 0.05) is 56.7 Å². The predicted molar refractivity (Wildman–Crippen MR) is 209 cm³/mol. The minimum absolute atomic E-state index is 0.0147. The lowest BCUT2D eigenvalue weighted by molar-refractivity contribution is -0.188. The van der Waals surface area contributed by atoms with Crippen LogP contribution in [0, 0.1) is 37.0 Å². The van der Waals surface area contributed by atoms with Crippen LogP contribution < -0.4 is 30.7 Å². The van der Waals surface area contributed by atoms with E-state index in [0.29, 0.717) is 39.6 Å². The summed E-state index contributed by atoms with van der Waals surface area (Å²) in [4.78, 5) is 64.3. The van der Waals surface area contributed by atoms with Crippen LogP contribution in [-0.4, -0.2) is 135 Å². The summed E-state index contributed by atoms with van der Waals surface area (Å²) in [5, 5.41) is 11.3. The maximum absolute atomic E-state index is 13.7. The van der Waals surface area contributed by atoms with Crippen LogP contribution in [0.3, 0.4) is 0 Å². The van der Waals surface area contributed by atoms with Crippen molar-refractivity contribution in [2.45, 2.75) is 44.1 Å². The third-order valence-corrected chi connectivity index (χ3v) is 8.18. The number of nitrogens with one attached hydrogen (secondary N) is 4. The van der Waals surface area contributed by atoms with E-state index in [2.05, 4.69) is 39.0 Å². The van der Waals surface area contributed by atoms with Gasteiger partial charge < -0.3 is 59.1 Å². The number of terminal acetylenes is 3. The highest BCUT2D eigenvalue weighted by Crippen LogP contribution is 2.34. The Morgan fingerprint density at radius 2 is 0.965 bits per heavy atom. The summed E-state index contributed by atoms with van der Waals surface area (Å²) in [5.41, 5.74) is -1.08. The molecular formula is C39H56N4O13P-. The van der Waals surface area contributed by atoms with Crippen molar-refractivity contribution in [3.8, 4) is 42.8 Å². The molecule has 1 unspecified atom stereocenters. The molecule has 17 nitrogen and oxygen atoms in total. The number of hydrogen-bond acceptors (Lipinski definition) is 13. The first kappa shape index (κ1) is 50.5.